The standard InChI is InChI=1S/C21H23N3O2/c1-15-5-4-6-17(13-15)26-12-11-24-19-8-3-2-7-18(19)23-20(24)14-22-21(25)16-9-10-16/h2-8,13,16H,9-12,14H2,1H3,(H,22,25). The number of imidazole rings is 1. The van der Waals surface area contributed by atoms with Gasteiger partial charge in [-0.1, -0.05) is 24.3 Å². The SMILES string of the molecule is Cc1cccc(OCCn2c(CNC(=O)C3CC3)nc3ccccc32)c1. The molecular weight excluding hydrogens is 326 g/mol. The van der Waals surface area contributed by atoms with Crippen molar-refractivity contribution in [3.05, 3.63) is 59.9 Å². The van der Waals surface area contributed by atoms with Gasteiger partial charge in [0.05, 0.1) is 24.1 Å². The van der Waals surface area contributed by atoms with Crippen molar-refractivity contribution in [3.63, 3.8) is 0 Å². The lowest BCUT2D eigenvalue weighted by molar-refractivity contribution is -0.122. The van der Waals surface area contributed by atoms with E-state index in [0.29, 0.717) is 19.7 Å². The van der Waals surface area contributed by atoms with Crippen LogP contribution in [0.25, 0.3) is 11.0 Å². The van der Waals surface area contributed by atoms with Gasteiger partial charge in [-0.25, -0.2) is 4.98 Å². The van der Waals surface area contributed by atoms with Gasteiger partial charge in [0.2, 0.25) is 5.91 Å². The van der Waals surface area contributed by atoms with E-state index in [1.165, 1.54) is 5.56 Å². The molecule has 3 aromatic rings. The van der Waals surface area contributed by atoms with Crippen molar-refractivity contribution in [1.82, 2.24) is 14.9 Å². The molecule has 0 spiro atoms. The summed E-state index contributed by atoms with van der Waals surface area (Å²) >= 11 is 0. The zero-order valence-electron chi connectivity index (χ0n) is 14.9. The van der Waals surface area contributed by atoms with E-state index in [4.69, 9.17) is 9.72 Å². The van der Waals surface area contributed by atoms with Crippen LogP contribution in [0.2, 0.25) is 0 Å². The summed E-state index contributed by atoms with van der Waals surface area (Å²) in [5.74, 6) is 2.09. The molecule has 1 aliphatic rings. The Kier molecular flexibility index (Phi) is 4.61. The van der Waals surface area contributed by atoms with Gasteiger partial charge < -0.3 is 14.6 Å². The van der Waals surface area contributed by atoms with Crippen LogP contribution in [-0.2, 0) is 17.9 Å². The van der Waals surface area contributed by atoms with E-state index in [2.05, 4.69) is 28.9 Å². The van der Waals surface area contributed by atoms with Crippen molar-refractivity contribution in [2.75, 3.05) is 6.61 Å². The fraction of sp³-hybridized carbons (Fsp3) is 0.333. The lowest BCUT2D eigenvalue weighted by Gasteiger charge is -2.12. The number of amides is 1. The van der Waals surface area contributed by atoms with Crippen molar-refractivity contribution in [3.8, 4) is 5.75 Å². The van der Waals surface area contributed by atoms with Gasteiger partial charge in [0.25, 0.3) is 0 Å². The van der Waals surface area contributed by atoms with Crippen LogP contribution in [0.1, 0.15) is 24.2 Å². The zero-order chi connectivity index (χ0) is 17.9. The Morgan fingerprint density at radius 2 is 2.08 bits per heavy atom. The lowest BCUT2D eigenvalue weighted by atomic mass is 10.2. The average Bonchev–Trinajstić information content (AvgIpc) is 3.43. The van der Waals surface area contributed by atoms with Crippen LogP contribution >= 0.6 is 0 Å². The van der Waals surface area contributed by atoms with E-state index in [9.17, 15) is 4.79 Å². The molecule has 1 heterocycles. The third-order valence-electron chi connectivity index (χ3n) is 4.68. The zero-order valence-corrected chi connectivity index (χ0v) is 14.9. The molecule has 5 nitrogen and oxygen atoms in total. The first-order valence-electron chi connectivity index (χ1n) is 9.12. The molecule has 26 heavy (non-hydrogen) atoms. The summed E-state index contributed by atoms with van der Waals surface area (Å²) < 4.78 is 8.04. The molecule has 1 saturated carbocycles. The van der Waals surface area contributed by atoms with Gasteiger partial charge in [-0.15, -0.1) is 0 Å². The van der Waals surface area contributed by atoms with Gasteiger partial charge >= 0.3 is 0 Å². The number of nitrogens with zero attached hydrogens (tertiary/aromatic N) is 2. The molecule has 1 N–H and O–H groups in total. The number of fused-ring (bicyclic) bond motifs is 1. The molecule has 1 amide bonds. The Morgan fingerprint density at radius 3 is 2.88 bits per heavy atom. The fourth-order valence-corrected chi connectivity index (χ4v) is 3.13. The van der Waals surface area contributed by atoms with Crippen molar-refractivity contribution in [1.29, 1.82) is 0 Å². The van der Waals surface area contributed by atoms with Crippen molar-refractivity contribution >= 4 is 16.9 Å². The third-order valence-corrected chi connectivity index (χ3v) is 4.68. The molecule has 0 unspecified atom stereocenters. The maximum absolute atomic E-state index is 12.0. The maximum atomic E-state index is 12.0. The average molecular weight is 349 g/mol. The molecule has 2 aromatic carbocycles. The maximum Gasteiger partial charge on any atom is 0.223 e. The van der Waals surface area contributed by atoms with Crippen molar-refractivity contribution in [2.45, 2.75) is 32.9 Å². The first kappa shape index (κ1) is 16.6. The first-order chi connectivity index (χ1) is 12.7. The Hall–Kier alpha value is -2.82. The highest BCUT2D eigenvalue weighted by Gasteiger charge is 2.29. The van der Waals surface area contributed by atoms with E-state index >= 15 is 0 Å². The van der Waals surface area contributed by atoms with Gasteiger partial charge in [-0.2, -0.15) is 0 Å². The van der Waals surface area contributed by atoms with E-state index < -0.39 is 0 Å². The molecule has 1 aliphatic carbocycles. The highest BCUT2D eigenvalue weighted by atomic mass is 16.5. The van der Waals surface area contributed by atoms with E-state index in [1.54, 1.807) is 0 Å². The number of nitrogens with one attached hydrogen (secondary N) is 1. The van der Waals surface area contributed by atoms with E-state index in [-0.39, 0.29) is 11.8 Å². The minimum Gasteiger partial charge on any atom is -0.492 e. The highest BCUT2D eigenvalue weighted by Crippen LogP contribution is 2.28. The number of hydrogen-bond acceptors (Lipinski definition) is 3. The molecule has 1 fully saturated rings. The summed E-state index contributed by atoms with van der Waals surface area (Å²) in [7, 11) is 0. The molecule has 1 aromatic heterocycles. The van der Waals surface area contributed by atoms with Crippen LogP contribution < -0.4 is 10.1 Å². The first-order valence-corrected chi connectivity index (χ1v) is 9.12. The normalized spacial score (nSPS) is 13.7. The summed E-state index contributed by atoms with van der Waals surface area (Å²) in [6, 6.07) is 16.1. The quantitative estimate of drug-likeness (QED) is 0.711. The number of carbonyl (C=O) groups is 1. The molecule has 0 saturated heterocycles. The second-order valence-corrected chi connectivity index (χ2v) is 6.83. The summed E-state index contributed by atoms with van der Waals surface area (Å²) in [6.07, 6.45) is 2.01. The van der Waals surface area contributed by atoms with E-state index in [1.807, 2.05) is 36.4 Å². The molecule has 5 heteroatoms. The van der Waals surface area contributed by atoms with Crippen LogP contribution in [0, 0.1) is 12.8 Å². The van der Waals surface area contributed by atoms with Gasteiger partial charge in [0.1, 0.15) is 18.2 Å². The number of carbonyl (C=O) groups excluding carboxylic acids is 1. The van der Waals surface area contributed by atoms with Gasteiger partial charge in [-0.05, 0) is 49.6 Å². The molecule has 0 bridgehead atoms. The number of aryl methyl sites for hydroxylation is 1. The monoisotopic (exact) mass is 349 g/mol. The Morgan fingerprint density at radius 1 is 1.23 bits per heavy atom. The van der Waals surface area contributed by atoms with E-state index in [0.717, 1.165) is 35.4 Å². The minimum atomic E-state index is 0.139. The summed E-state index contributed by atoms with van der Waals surface area (Å²) in [6.45, 7) is 3.74. The topological polar surface area (TPSA) is 56.1 Å². The number of para-hydroxylation sites is 2. The number of ether oxygens (including phenoxy) is 1. The molecule has 0 atom stereocenters. The van der Waals surface area contributed by atoms with Crippen molar-refractivity contribution < 1.29 is 9.53 Å². The third kappa shape index (κ3) is 3.72. The minimum absolute atomic E-state index is 0.139. The molecule has 4 rings (SSSR count). The summed E-state index contributed by atoms with van der Waals surface area (Å²) in [4.78, 5) is 16.7. The molecule has 0 radical (unpaired) electrons. The van der Waals surface area contributed by atoms with Crippen LogP contribution in [0.3, 0.4) is 0 Å². The van der Waals surface area contributed by atoms with Crippen LogP contribution in [0.5, 0.6) is 5.75 Å². The Bertz CT molecular complexity index is 928. The van der Waals surface area contributed by atoms with Crippen LogP contribution in [0.4, 0.5) is 0 Å². The molecule has 134 valence electrons. The smallest absolute Gasteiger partial charge is 0.223 e. The number of hydrogen-bond donors (Lipinski definition) is 1. The second kappa shape index (κ2) is 7.20. The lowest BCUT2D eigenvalue weighted by Crippen LogP contribution is -2.26. The van der Waals surface area contributed by atoms with Crippen molar-refractivity contribution in [2.24, 2.45) is 5.92 Å². The summed E-state index contributed by atoms with van der Waals surface area (Å²) in [5.41, 5.74) is 3.19. The van der Waals surface area contributed by atoms with Crippen LogP contribution in [0.15, 0.2) is 48.5 Å². The number of aromatic nitrogens is 2. The fourth-order valence-electron chi connectivity index (χ4n) is 3.13. The largest absolute Gasteiger partial charge is 0.492 e. The number of benzene rings is 2. The Balaban J connectivity index is 1.48. The Labute approximate surface area is 153 Å². The molecular formula is C21H23N3O2. The van der Waals surface area contributed by atoms with Gasteiger partial charge in [0, 0.05) is 5.92 Å². The predicted octanol–water partition coefficient (Wildman–Crippen LogP) is 3.45. The molecule has 0 aliphatic heterocycles. The summed E-state index contributed by atoms with van der Waals surface area (Å²) in [5, 5.41) is 3.01. The number of rotatable bonds is 7. The second-order valence-electron chi connectivity index (χ2n) is 6.83. The van der Waals surface area contributed by atoms with Gasteiger partial charge in [0.15, 0.2) is 0 Å². The predicted molar refractivity (Wildman–Crippen MR) is 101 cm³/mol. The van der Waals surface area contributed by atoms with Crippen LogP contribution in [-0.4, -0.2) is 22.1 Å². The van der Waals surface area contributed by atoms with Gasteiger partial charge in [-0.3, -0.25) is 4.79 Å². The highest BCUT2D eigenvalue weighted by molar-refractivity contribution is 5.81.